The van der Waals surface area contributed by atoms with Crippen LogP contribution in [0.25, 0.3) is 11.1 Å². The van der Waals surface area contributed by atoms with E-state index < -0.39 is 16.1 Å². The Labute approximate surface area is 459 Å². The van der Waals surface area contributed by atoms with Crippen LogP contribution in [0.3, 0.4) is 0 Å². The van der Waals surface area contributed by atoms with Gasteiger partial charge in [-0.1, -0.05) is 256 Å². The zero-order valence-corrected chi connectivity index (χ0v) is 48.1. The molecule has 10 aromatic carbocycles. The van der Waals surface area contributed by atoms with Crippen LogP contribution in [0.1, 0.15) is 73.4 Å². The third-order valence-corrected chi connectivity index (χ3v) is 28.1. The van der Waals surface area contributed by atoms with Crippen molar-refractivity contribution >= 4 is 110 Å². The summed E-state index contributed by atoms with van der Waals surface area (Å²) >= 11 is 0. The fourth-order valence-electron chi connectivity index (χ4n) is 14.0. The summed E-state index contributed by atoms with van der Waals surface area (Å²) in [5, 5.41) is 9.77. The van der Waals surface area contributed by atoms with E-state index in [-0.39, 0.29) is 22.6 Å². The molecule has 0 N–H and O–H groups in total. The third-order valence-electron chi connectivity index (χ3n) is 17.5. The highest BCUT2D eigenvalue weighted by atomic mass is 28.3. The lowest BCUT2D eigenvalue weighted by atomic mass is 9.33. The number of rotatable bonds is 7. The number of benzene rings is 10. The largest absolute Gasteiger partial charge is 0.311 e. The van der Waals surface area contributed by atoms with Crippen molar-refractivity contribution in [3.05, 3.63) is 254 Å². The van der Waals surface area contributed by atoms with Crippen molar-refractivity contribution in [2.75, 3.05) is 9.80 Å². The maximum absolute atomic E-state index is 2.97. The van der Waals surface area contributed by atoms with E-state index in [2.05, 4.69) is 315 Å². The molecule has 376 valence electrons. The lowest BCUT2D eigenvalue weighted by molar-refractivity contribution is 0.590. The standard InChI is InChI=1S/C72H67BN2Si2/c1-70(2,3)50-28-27-31-53(44-50)75-63-45-51(71(4,5)6)42-43-61(63)73-62-48-60-59-40-25-26-41-67(59)76(54-32-17-11-18-33-54,55-34-19-12-20-35-55)68(60)49-64(62)74(52-29-15-10-16-30-52)65-46-58(47-66(75)69(65)73)77(72(7,8)9,56-36-21-13-22-37-56)57-38-23-14-24-39-57/h10-49H,1-9H3. The molecule has 0 aliphatic carbocycles. The van der Waals surface area contributed by atoms with Crippen LogP contribution >= 0.6 is 0 Å². The molecule has 0 radical (unpaired) electrons. The SMILES string of the molecule is CC(C)(C)c1cccc(N2c3cc(C(C)(C)C)ccc3B3c4cc5c(cc4N(c4ccccc4)c4cc([Si](c6ccccc6)(c6ccccc6)C(C)(C)C)cc2c43)[Si](c2ccccc2)(c2ccccc2)c2ccccc2-5)c1. The Hall–Kier alpha value is -7.70. The predicted molar refractivity (Wildman–Crippen MR) is 338 cm³/mol. The summed E-state index contributed by atoms with van der Waals surface area (Å²) < 4.78 is 0. The highest BCUT2D eigenvalue weighted by Gasteiger charge is 2.54. The average Bonchev–Trinajstić information content (AvgIpc) is 3.93. The Balaban J connectivity index is 1.23. The van der Waals surface area contributed by atoms with Crippen LogP contribution in [0.5, 0.6) is 0 Å². The Kier molecular flexibility index (Phi) is 11.4. The number of para-hydroxylation sites is 1. The van der Waals surface area contributed by atoms with E-state index in [4.69, 9.17) is 0 Å². The molecule has 0 amide bonds. The first-order valence-corrected chi connectivity index (χ1v) is 31.7. The van der Waals surface area contributed by atoms with E-state index in [0.717, 1.165) is 5.69 Å². The molecule has 13 rings (SSSR count). The molecule has 0 atom stereocenters. The van der Waals surface area contributed by atoms with Crippen molar-refractivity contribution < 1.29 is 0 Å². The van der Waals surface area contributed by atoms with Gasteiger partial charge in [0.15, 0.2) is 16.1 Å². The first kappa shape index (κ1) is 48.9. The number of nitrogens with zero attached hydrogens (tertiary/aromatic N) is 2. The Morgan fingerprint density at radius 1 is 0.351 bits per heavy atom. The zero-order chi connectivity index (χ0) is 53.1. The number of fused-ring (bicyclic) bond motifs is 7. The van der Waals surface area contributed by atoms with Crippen molar-refractivity contribution in [3.63, 3.8) is 0 Å². The molecule has 0 saturated heterocycles. The van der Waals surface area contributed by atoms with Gasteiger partial charge in [0.05, 0.1) is 0 Å². The third kappa shape index (κ3) is 7.41. The van der Waals surface area contributed by atoms with E-state index in [1.54, 1.807) is 0 Å². The molecule has 0 fully saturated rings. The molecular formula is C72H67BN2Si2. The Morgan fingerprint density at radius 3 is 1.39 bits per heavy atom. The van der Waals surface area contributed by atoms with Gasteiger partial charge in [-0.15, -0.1) is 0 Å². The van der Waals surface area contributed by atoms with E-state index in [9.17, 15) is 0 Å². The van der Waals surface area contributed by atoms with E-state index >= 15 is 0 Å². The number of hydrogen-bond donors (Lipinski definition) is 0. The first-order chi connectivity index (χ1) is 37.1. The molecule has 2 nitrogen and oxygen atoms in total. The van der Waals surface area contributed by atoms with Gasteiger partial charge in [-0.25, -0.2) is 0 Å². The Morgan fingerprint density at radius 2 is 0.831 bits per heavy atom. The summed E-state index contributed by atoms with van der Waals surface area (Å²) in [4.78, 5) is 5.36. The number of anilines is 6. The van der Waals surface area contributed by atoms with Crippen LogP contribution in [0.4, 0.5) is 34.1 Å². The van der Waals surface area contributed by atoms with Gasteiger partial charge >= 0.3 is 0 Å². The molecule has 0 saturated carbocycles. The van der Waals surface area contributed by atoms with Gasteiger partial charge in [-0.2, -0.15) is 0 Å². The summed E-state index contributed by atoms with van der Waals surface area (Å²) in [6.45, 7) is 21.5. The van der Waals surface area contributed by atoms with Crippen LogP contribution in [0.15, 0.2) is 243 Å². The van der Waals surface area contributed by atoms with Gasteiger partial charge in [-0.05, 0) is 139 Å². The second-order valence-electron chi connectivity index (χ2n) is 24.9. The molecular weight excluding hydrogens is 960 g/mol. The summed E-state index contributed by atoms with van der Waals surface area (Å²) in [6, 6.07) is 94.4. The molecule has 3 aliphatic heterocycles. The molecule has 77 heavy (non-hydrogen) atoms. The van der Waals surface area contributed by atoms with Gasteiger partial charge in [0.2, 0.25) is 0 Å². The fourth-order valence-corrected chi connectivity index (χ4v) is 24.9. The molecule has 0 bridgehead atoms. The second kappa shape index (κ2) is 17.9. The average molecular weight is 1030 g/mol. The molecule has 3 heterocycles. The molecule has 10 aromatic rings. The van der Waals surface area contributed by atoms with Gasteiger partial charge < -0.3 is 9.80 Å². The van der Waals surface area contributed by atoms with Crippen molar-refractivity contribution in [1.29, 1.82) is 0 Å². The quantitative estimate of drug-likeness (QED) is 0.116. The molecule has 0 aromatic heterocycles. The minimum absolute atomic E-state index is 0.0572. The molecule has 0 spiro atoms. The monoisotopic (exact) mass is 1030 g/mol. The summed E-state index contributed by atoms with van der Waals surface area (Å²) in [5.41, 5.74) is 16.6. The maximum atomic E-state index is 2.68. The number of hydrogen-bond acceptors (Lipinski definition) is 2. The minimum Gasteiger partial charge on any atom is -0.311 e. The lowest BCUT2D eigenvalue weighted by Gasteiger charge is -2.48. The van der Waals surface area contributed by atoms with Crippen LogP contribution in [-0.2, 0) is 10.8 Å². The fraction of sp³-hybridized carbons (Fsp3) is 0.167. The highest BCUT2D eigenvalue weighted by Crippen LogP contribution is 2.47. The Bertz CT molecular complexity index is 3800. The zero-order valence-electron chi connectivity index (χ0n) is 46.1. The molecule has 5 heteroatoms. The van der Waals surface area contributed by atoms with E-state index in [1.165, 1.54) is 103 Å². The normalized spacial score (nSPS) is 14.3. The van der Waals surface area contributed by atoms with Crippen molar-refractivity contribution in [3.8, 4) is 11.1 Å². The molecule has 3 aliphatic rings. The summed E-state index contributed by atoms with van der Waals surface area (Å²) in [7, 11) is -5.87. The van der Waals surface area contributed by atoms with Crippen LogP contribution in [0, 0.1) is 0 Å². The van der Waals surface area contributed by atoms with Crippen molar-refractivity contribution in [1.82, 2.24) is 0 Å². The maximum Gasteiger partial charge on any atom is 0.252 e. The second-order valence-corrected chi connectivity index (χ2v) is 33.4. The van der Waals surface area contributed by atoms with Crippen LogP contribution < -0.4 is 62.5 Å². The smallest absolute Gasteiger partial charge is 0.252 e. The summed E-state index contributed by atoms with van der Waals surface area (Å²) in [5.74, 6) is 0. The minimum atomic E-state index is -2.97. The first-order valence-electron chi connectivity index (χ1n) is 27.7. The topological polar surface area (TPSA) is 6.48 Å². The van der Waals surface area contributed by atoms with Gasteiger partial charge in [-0.3, -0.25) is 0 Å². The van der Waals surface area contributed by atoms with Crippen molar-refractivity contribution in [2.24, 2.45) is 0 Å². The predicted octanol–water partition coefficient (Wildman–Crippen LogP) is 12.0. The van der Waals surface area contributed by atoms with E-state index in [0.29, 0.717) is 0 Å². The lowest BCUT2D eigenvalue weighted by Crippen LogP contribution is -2.73. The van der Waals surface area contributed by atoms with Gasteiger partial charge in [0.1, 0.15) is 0 Å². The molecule has 0 unspecified atom stereocenters. The van der Waals surface area contributed by atoms with Gasteiger partial charge in [0.25, 0.3) is 6.71 Å². The van der Waals surface area contributed by atoms with Gasteiger partial charge in [0, 0.05) is 34.1 Å². The van der Waals surface area contributed by atoms with E-state index in [1.807, 2.05) is 0 Å². The van der Waals surface area contributed by atoms with Crippen LogP contribution in [0.2, 0.25) is 5.04 Å². The highest BCUT2D eigenvalue weighted by molar-refractivity contribution is 7.22. The van der Waals surface area contributed by atoms with Crippen LogP contribution in [-0.4, -0.2) is 22.9 Å². The van der Waals surface area contributed by atoms with Crippen molar-refractivity contribution in [2.45, 2.75) is 78.2 Å². The summed E-state index contributed by atoms with van der Waals surface area (Å²) in [6.07, 6.45) is 0.